The predicted octanol–water partition coefficient (Wildman–Crippen LogP) is 1.28. The van der Waals surface area contributed by atoms with Crippen molar-refractivity contribution < 1.29 is 16.5 Å². The maximum Gasteiger partial charge on any atom is 0.00388 e. The van der Waals surface area contributed by atoms with Crippen molar-refractivity contribution in [1.29, 1.82) is 0 Å². The molecule has 0 aromatic rings. The topological polar surface area (TPSA) is 26.0 Å². The molecule has 0 radical (unpaired) electrons. The van der Waals surface area contributed by atoms with Crippen LogP contribution in [0.25, 0.3) is 0 Å². The van der Waals surface area contributed by atoms with E-state index in [0.717, 1.165) is 0 Å². The molecule has 1 saturated carbocycles. The molecule has 1 fully saturated rings. The first-order chi connectivity index (χ1) is 3.39. The second kappa shape index (κ2) is 4.34. The maximum atomic E-state index is 5.63. The summed E-state index contributed by atoms with van der Waals surface area (Å²) in [5, 5.41) is 0. The fourth-order valence-electron chi connectivity index (χ4n) is 1.13. The van der Waals surface area contributed by atoms with Crippen molar-refractivity contribution in [3.63, 3.8) is 0 Å². The van der Waals surface area contributed by atoms with Gasteiger partial charge in [0.15, 0.2) is 0 Å². The molecule has 0 aromatic heterocycles. The van der Waals surface area contributed by atoms with Crippen LogP contribution >= 0.6 is 0 Å². The molecule has 0 bridgehead atoms. The summed E-state index contributed by atoms with van der Waals surface area (Å²) in [6.07, 6.45) is 6.66. The van der Waals surface area contributed by atoms with Crippen molar-refractivity contribution >= 4 is 0 Å². The molecule has 52 valence electrons. The van der Waals surface area contributed by atoms with Crippen molar-refractivity contribution in [3.8, 4) is 0 Å². The zero-order valence-electron chi connectivity index (χ0n) is 5.01. The molecular weight excluding hydrogens is 145 g/mol. The van der Waals surface area contributed by atoms with Crippen LogP contribution in [0.15, 0.2) is 0 Å². The first-order valence-electron chi connectivity index (χ1n) is 3.15. The van der Waals surface area contributed by atoms with E-state index in [1.807, 2.05) is 0 Å². The van der Waals surface area contributed by atoms with Crippen LogP contribution in [0.1, 0.15) is 32.1 Å². The molecule has 1 rings (SSSR count). The Bertz CT molecular complexity index is 50.5. The van der Waals surface area contributed by atoms with E-state index in [1.165, 1.54) is 32.1 Å². The second-order valence-electron chi connectivity index (χ2n) is 2.40. The van der Waals surface area contributed by atoms with E-state index in [0.29, 0.717) is 6.04 Å². The quantitative estimate of drug-likeness (QED) is 0.527. The smallest absolute Gasteiger partial charge is 0.00388 e. The Kier molecular flexibility index (Phi) is 4.59. The number of rotatable bonds is 0. The van der Waals surface area contributed by atoms with Gasteiger partial charge in [-0.2, -0.15) is 0 Å². The van der Waals surface area contributed by atoms with Crippen molar-refractivity contribution in [3.05, 3.63) is 0 Å². The zero-order chi connectivity index (χ0) is 5.11. The zero-order valence-corrected chi connectivity index (χ0v) is 5.99. The molecule has 0 spiro atoms. The predicted molar refractivity (Wildman–Crippen MR) is 31.1 cm³/mol. The molecular formula is C6H13NNi. The van der Waals surface area contributed by atoms with Gasteiger partial charge in [0.1, 0.15) is 0 Å². The fourth-order valence-corrected chi connectivity index (χ4v) is 1.13. The van der Waals surface area contributed by atoms with E-state index in [2.05, 4.69) is 0 Å². The Labute approximate surface area is 60.9 Å². The molecule has 0 heterocycles. The van der Waals surface area contributed by atoms with Gasteiger partial charge in [0.2, 0.25) is 0 Å². The molecule has 0 unspecified atom stereocenters. The van der Waals surface area contributed by atoms with Gasteiger partial charge in [0, 0.05) is 22.5 Å². The maximum absolute atomic E-state index is 5.63. The summed E-state index contributed by atoms with van der Waals surface area (Å²) in [5.41, 5.74) is 5.63. The standard InChI is InChI=1S/C6H13N.Ni/c7-6-4-2-1-3-5-6;/h6H,1-5,7H2;. The van der Waals surface area contributed by atoms with Crippen LogP contribution in [0.4, 0.5) is 0 Å². The van der Waals surface area contributed by atoms with Gasteiger partial charge < -0.3 is 5.73 Å². The average Bonchev–Trinajstić information content (AvgIpc) is 1.69. The van der Waals surface area contributed by atoms with Crippen molar-refractivity contribution in [2.75, 3.05) is 0 Å². The Balaban J connectivity index is 0.000000490. The summed E-state index contributed by atoms with van der Waals surface area (Å²) in [5.74, 6) is 0. The van der Waals surface area contributed by atoms with Gasteiger partial charge in [-0.05, 0) is 12.8 Å². The van der Waals surface area contributed by atoms with Crippen molar-refractivity contribution in [2.45, 2.75) is 38.1 Å². The van der Waals surface area contributed by atoms with Crippen LogP contribution in [-0.2, 0) is 16.5 Å². The summed E-state index contributed by atoms with van der Waals surface area (Å²) < 4.78 is 0. The van der Waals surface area contributed by atoms with Crippen LogP contribution < -0.4 is 5.73 Å². The molecule has 0 aromatic carbocycles. The minimum absolute atomic E-state index is 0. The molecule has 1 nitrogen and oxygen atoms in total. The van der Waals surface area contributed by atoms with Gasteiger partial charge in [-0.25, -0.2) is 0 Å². The summed E-state index contributed by atoms with van der Waals surface area (Å²) in [6.45, 7) is 0. The molecule has 0 saturated heterocycles. The molecule has 2 heteroatoms. The fraction of sp³-hybridized carbons (Fsp3) is 1.00. The molecule has 2 N–H and O–H groups in total. The number of hydrogen-bond acceptors (Lipinski definition) is 1. The molecule has 0 amide bonds. The third kappa shape index (κ3) is 2.69. The van der Waals surface area contributed by atoms with Gasteiger partial charge in [0.25, 0.3) is 0 Å². The summed E-state index contributed by atoms with van der Waals surface area (Å²) >= 11 is 0. The SMILES string of the molecule is NC1CCCCC1.[Ni]. The largest absolute Gasteiger partial charge is 0.328 e. The van der Waals surface area contributed by atoms with Gasteiger partial charge in [-0.1, -0.05) is 19.3 Å². The van der Waals surface area contributed by atoms with Gasteiger partial charge in [-0.15, -0.1) is 0 Å². The summed E-state index contributed by atoms with van der Waals surface area (Å²) in [6, 6.07) is 0.536. The molecule has 0 atom stereocenters. The first kappa shape index (κ1) is 8.45. The van der Waals surface area contributed by atoms with Crippen molar-refractivity contribution in [1.82, 2.24) is 0 Å². The van der Waals surface area contributed by atoms with Gasteiger partial charge in [-0.3, -0.25) is 0 Å². The average molecular weight is 158 g/mol. The van der Waals surface area contributed by atoms with Crippen LogP contribution in [0.3, 0.4) is 0 Å². The Morgan fingerprint density at radius 2 is 1.50 bits per heavy atom. The monoisotopic (exact) mass is 157 g/mol. The van der Waals surface area contributed by atoms with Crippen LogP contribution in [0.2, 0.25) is 0 Å². The minimum Gasteiger partial charge on any atom is -0.328 e. The van der Waals surface area contributed by atoms with E-state index < -0.39 is 0 Å². The van der Waals surface area contributed by atoms with Crippen LogP contribution in [0.5, 0.6) is 0 Å². The first-order valence-corrected chi connectivity index (χ1v) is 3.15. The minimum atomic E-state index is 0. The van der Waals surface area contributed by atoms with E-state index in [4.69, 9.17) is 5.73 Å². The molecule has 0 aliphatic heterocycles. The number of hydrogen-bond donors (Lipinski definition) is 1. The molecule has 1 aliphatic rings. The second-order valence-corrected chi connectivity index (χ2v) is 2.40. The van der Waals surface area contributed by atoms with Gasteiger partial charge >= 0.3 is 0 Å². The summed E-state index contributed by atoms with van der Waals surface area (Å²) in [7, 11) is 0. The van der Waals surface area contributed by atoms with Gasteiger partial charge in [0.05, 0.1) is 0 Å². The van der Waals surface area contributed by atoms with E-state index in [9.17, 15) is 0 Å². The normalized spacial score (nSPS) is 22.1. The molecule has 1 aliphatic carbocycles. The number of nitrogens with two attached hydrogens (primary N) is 1. The Morgan fingerprint density at radius 3 is 1.75 bits per heavy atom. The van der Waals surface area contributed by atoms with Crippen LogP contribution in [-0.4, -0.2) is 6.04 Å². The Morgan fingerprint density at radius 1 is 1.00 bits per heavy atom. The van der Waals surface area contributed by atoms with E-state index in [-0.39, 0.29) is 16.5 Å². The third-order valence-electron chi connectivity index (χ3n) is 1.65. The Hall–Kier alpha value is 0.454. The summed E-state index contributed by atoms with van der Waals surface area (Å²) in [4.78, 5) is 0. The van der Waals surface area contributed by atoms with Crippen molar-refractivity contribution in [2.24, 2.45) is 5.73 Å². The van der Waals surface area contributed by atoms with E-state index in [1.54, 1.807) is 0 Å². The van der Waals surface area contributed by atoms with Crippen LogP contribution in [0, 0.1) is 0 Å². The third-order valence-corrected chi connectivity index (χ3v) is 1.65. The molecule has 8 heavy (non-hydrogen) atoms. The van der Waals surface area contributed by atoms with E-state index >= 15 is 0 Å².